The van der Waals surface area contributed by atoms with Crippen LogP contribution in [0.1, 0.15) is 26.3 Å². The number of benzene rings is 3. The number of ether oxygens (including phenoxy) is 1. The van der Waals surface area contributed by atoms with E-state index in [0.29, 0.717) is 21.2 Å². The zero-order valence-corrected chi connectivity index (χ0v) is 17.0. The van der Waals surface area contributed by atoms with E-state index in [2.05, 4.69) is 10.5 Å². The van der Waals surface area contributed by atoms with Crippen molar-refractivity contribution in [2.75, 3.05) is 0 Å². The van der Waals surface area contributed by atoms with Crippen LogP contribution < -0.4 is 10.2 Å². The molecule has 0 bridgehead atoms. The zero-order chi connectivity index (χ0) is 20.8. The highest BCUT2D eigenvalue weighted by Crippen LogP contribution is 2.21. The Morgan fingerprint density at radius 2 is 1.59 bits per heavy atom. The Balaban J connectivity index is 1.70. The summed E-state index contributed by atoms with van der Waals surface area (Å²) in [4.78, 5) is 24.5. The molecule has 0 radical (unpaired) electrons. The first-order chi connectivity index (χ1) is 13.9. The molecule has 146 valence electrons. The Morgan fingerprint density at radius 3 is 2.31 bits per heavy atom. The molecule has 1 N–H and O–H groups in total. The molecular weight excluding hydrogens is 435 g/mol. The lowest BCUT2D eigenvalue weighted by atomic mass is 10.2. The molecule has 0 aliphatic carbocycles. The summed E-state index contributed by atoms with van der Waals surface area (Å²) in [6.07, 6.45) is 1.37. The average Bonchev–Trinajstić information content (AvgIpc) is 2.69. The molecule has 0 atom stereocenters. The van der Waals surface area contributed by atoms with E-state index in [1.165, 1.54) is 18.3 Å². The van der Waals surface area contributed by atoms with Crippen LogP contribution >= 0.6 is 34.8 Å². The summed E-state index contributed by atoms with van der Waals surface area (Å²) in [5.41, 5.74) is 3.46. The molecule has 0 spiro atoms. The molecule has 29 heavy (non-hydrogen) atoms. The van der Waals surface area contributed by atoms with Gasteiger partial charge in [0.15, 0.2) is 0 Å². The van der Waals surface area contributed by atoms with Crippen molar-refractivity contribution in [1.29, 1.82) is 0 Å². The van der Waals surface area contributed by atoms with Crippen molar-refractivity contribution in [2.24, 2.45) is 5.10 Å². The highest BCUT2D eigenvalue weighted by atomic mass is 35.5. The fourth-order valence-corrected chi connectivity index (χ4v) is 2.94. The zero-order valence-electron chi connectivity index (χ0n) is 14.7. The van der Waals surface area contributed by atoms with Gasteiger partial charge in [-0.3, -0.25) is 4.79 Å². The Labute approximate surface area is 181 Å². The molecule has 0 heterocycles. The summed E-state index contributed by atoms with van der Waals surface area (Å²) >= 11 is 17.7. The number of hydrogen-bond acceptors (Lipinski definition) is 4. The van der Waals surface area contributed by atoms with E-state index in [1.807, 2.05) is 0 Å². The fourth-order valence-electron chi connectivity index (χ4n) is 2.32. The monoisotopic (exact) mass is 446 g/mol. The van der Waals surface area contributed by atoms with Crippen LogP contribution in [0.5, 0.6) is 5.75 Å². The lowest BCUT2D eigenvalue weighted by molar-refractivity contribution is 0.0734. The van der Waals surface area contributed by atoms with Gasteiger partial charge in [-0.25, -0.2) is 10.2 Å². The van der Waals surface area contributed by atoms with E-state index in [0.717, 1.165) is 0 Å². The van der Waals surface area contributed by atoms with Crippen molar-refractivity contribution in [1.82, 2.24) is 5.43 Å². The summed E-state index contributed by atoms with van der Waals surface area (Å²) in [5, 5.41) is 5.06. The van der Waals surface area contributed by atoms with Gasteiger partial charge in [-0.2, -0.15) is 5.10 Å². The second kappa shape index (κ2) is 9.56. The van der Waals surface area contributed by atoms with Crippen LogP contribution in [0.15, 0.2) is 71.8 Å². The predicted octanol–water partition coefficient (Wildman–Crippen LogP) is 5.63. The van der Waals surface area contributed by atoms with Crippen LogP contribution in [0.25, 0.3) is 0 Å². The first kappa shape index (κ1) is 20.9. The predicted molar refractivity (Wildman–Crippen MR) is 114 cm³/mol. The molecule has 0 fully saturated rings. The van der Waals surface area contributed by atoms with E-state index in [1.54, 1.807) is 54.6 Å². The van der Waals surface area contributed by atoms with Crippen LogP contribution in [-0.4, -0.2) is 18.1 Å². The number of amides is 1. The minimum absolute atomic E-state index is 0.211. The van der Waals surface area contributed by atoms with Gasteiger partial charge >= 0.3 is 5.97 Å². The van der Waals surface area contributed by atoms with Gasteiger partial charge in [0, 0.05) is 15.6 Å². The van der Waals surface area contributed by atoms with Crippen molar-refractivity contribution >= 4 is 52.9 Å². The second-order valence-electron chi connectivity index (χ2n) is 5.76. The van der Waals surface area contributed by atoms with Gasteiger partial charge in [-0.1, -0.05) is 46.9 Å². The molecule has 5 nitrogen and oxygen atoms in total. The number of hydrazone groups is 1. The summed E-state index contributed by atoms with van der Waals surface area (Å²) < 4.78 is 5.42. The maximum Gasteiger partial charge on any atom is 0.343 e. The molecule has 3 aromatic carbocycles. The highest BCUT2D eigenvalue weighted by molar-refractivity contribution is 6.36. The van der Waals surface area contributed by atoms with Gasteiger partial charge in [0.25, 0.3) is 5.91 Å². The molecule has 0 unspecified atom stereocenters. The molecule has 0 saturated heterocycles. The van der Waals surface area contributed by atoms with Crippen molar-refractivity contribution in [2.45, 2.75) is 0 Å². The fraction of sp³-hybridized carbons (Fsp3) is 0. The van der Waals surface area contributed by atoms with Crippen molar-refractivity contribution in [3.8, 4) is 5.75 Å². The van der Waals surface area contributed by atoms with E-state index < -0.39 is 11.9 Å². The van der Waals surface area contributed by atoms with Crippen LogP contribution in [-0.2, 0) is 0 Å². The lowest BCUT2D eigenvalue weighted by Crippen LogP contribution is -2.18. The summed E-state index contributed by atoms with van der Waals surface area (Å²) in [7, 11) is 0. The van der Waals surface area contributed by atoms with Crippen LogP contribution in [0.3, 0.4) is 0 Å². The van der Waals surface area contributed by atoms with E-state index in [9.17, 15) is 9.59 Å². The molecular formula is C21H13Cl3N2O3. The van der Waals surface area contributed by atoms with E-state index in [-0.39, 0.29) is 16.3 Å². The van der Waals surface area contributed by atoms with Crippen LogP contribution in [0, 0.1) is 0 Å². The Kier molecular flexibility index (Phi) is 6.88. The standard InChI is InChI=1S/C21H13Cl3N2O3/c22-15-7-5-13(6-8-15)21(28)29-19-4-2-1-3-14(19)12-25-26-20(27)17-10-9-16(23)11-18(17)24/h1-12H,(H,26,27)/b25-12-. The van der Waals surface area contributed by atoms with Gasteiger partial charge in [0.2, 0.25) is 0 Å². The Morgan fingerprint density at radius 1 is 0.897 bits per heavy atom. The number of halogens is 3. The second-order valence-corrected chi connectivity index (χ2v) is 7.04. The largest absolute Gasteiger partial charge is 0.422 e. The number of nitrogens with zero attached hydrogens (tertiary/aromatic N) is 1. The number of esters is 1. The average molecular weight is 448 g/mol. The quantitative estimate of drug-likeness (QED) is 0.238. The molecule has 0 aliphatic heterocycles. The number of nitrogens with one attached hydrogen (secondary N) is 1. The number of carbonyl (C=O) groups excluding carboxylic acids is 2. The van der Waals surface area contributed by atoms with Gasteiger partial charge in [0.05, 0.1) is 22.4 Å². The first-order valence-electron chi connectivity index (χ1n) is 8.29. The maximum absolute atomic E-state index is 12.3. The summed E-state index contributed by atoms with van der Waals surface area (Å²) in [6.45, 7) is 0. The van der Waals surface area contributed by atoms with Gasteiger partial charge < -0.3 is 4.74 Å². The van der Waals surface area contributed by atoms with Crippen molar-refractivity contribution in [3.05, 3.63) is 98.5 Å². The molecule has 1 amide bonds. The molecule has 3 rings (SSSR count). The smallest absolute Gasteiger partial charge is 0.343 e. The van der Waals surface area contributed by atoms with Gasteiger partial charge in [0.1, 0.15) is 5.75 Å². The number of rotatable bonds is 5. The van der Waals surface area contributed by atoms with Crippen LogP contribution in [0.2, 0.25) is 15.1 Å². The third-order valence-corrected chi connectivity index (χ3v) is 4.55. The van der Waals surface area contributed by atoms with Crippen LogP contribution in [0.4, 0.5) is 0 Å². The molecule has 8 heteroatoms. The Hall–Kier alpha value is -2.86. The molecule has 0 aliphatic rings. The topological polar surface area (TPSA) is 67.8 Å². The minimum atomic E-state index is -0.542. The third kappa shape index (κ3) is 5.57. The van der Waals surface area contributed by atoms with Crippen molar-refractivity contribution in [3.63, 3.8) is 0 Å². The summed E-state index contributed by atoms with van der Waals surface area (Å²) in [5.74, 6) is -0.756. The molecule has 0 aromatic heterocycles. The van der Waals surface area contributed by atoms with E-state index >= 15 is 0 Å². The number of carbonyl (C=O) groups is 2. The number of para-hydroxylation sites is 1. The Bertz CT molecular complexity index is 1080. The van der Waals surface area contributed by atoms with Crippen molar-refractivity contribution < 1.29 is 14.3 Å². The number of hydrogen-bond donors (Lipinski definition) is 1. The molecule has 0 saturated carbocycles. The van der Waals surface area contributed by atoms with E-state index in [4.69, 9.17) is 39.5 Å². The van der Waals surface area contributed by atoms with Gasteiger partial charge in [-0.05, 0) is 54.6 Å². The minimum Gasteiger partial charge on any atom is -0.422 e. The lowest BCUT2D eigenvalue weighted by Gasteiger charge is -2.07. The third-order valence-electron chi connectivity index (χ3n) is 3.75. The maximum atomic E-state index is 12.3. The normalized spacial score (nSPS) is 10.7. The molecule has 3 aromatic rings. The SMILES string of the molecule is O=C(Oc1ccccc1/C=N\NC(=O)c1ccc(Cl)cc1Cl)c1ccc(Cl)cc1. The first-order valence-corrected chi connectivity index (χ1v) is 9.42. The summed E-state index contributed by atoms with van der Waals surface area (Å²) in [6, 6.07) is 17.6. The highest BCUT2D eigenvalue weighted by Gasteiger charge is 2.12. The van der Waals surface area contributed by atoms with Gasteiger partial charge in [-0.15, -0.1) is 0 Å².